The Morgan fingerprint density at radius 3 is 2.26 bits per heavy atom. The second-order valence-corrected chi connectivity index (χ2v) is 9.50. The molecule has 5 rings (SSSR count). The molecule has 0 radical (unpaired) electrons. The van der Waals surface area contributed by atoms with Crippen molar-refractivity contribution in [3.63, 3.8) is 0 Å². The van der Waals surface area contributed by atoms with E-state index in [-0.39, 0.29) is 19.2 Å². The van der Waals surface area contributed by atoms with Crippen LogP contribution in [0.3, 0.4) is 0 Å². The van der Waals surface area contributed by atoms with Gasteiger partial charge in [0.05, 0.1) is 19.0 Å². The van der Waals surface area contributed by atoms with Crippen LogP contribution in [0.4, 0.5) is 19.1 Å². The molecule has 2 aliphatic heterocycles. The molecule has 0 aromatic carbocycles. The van der Waals surface area contributed by atoms with Crippen LogP contribution in [0.5, 0.6) is 5.88 Å². The first-order valence-electron chi connectivity index (χ1n) is 12.9. The first kappa shape index (κ1) is 29.3. The third-order valence-corrected chi connectivity index (χ3v) is 6.49. The van der Waals surface area contributed by atoms with Gasteiger partial charge in [0.15, 0.2) is 0 Å². The Bertz CT molecular complexity index is 1030. The summed E-state index contributed by atoms with van der Waals surface area (Å²) in [4.78, 5) is 12.6. The maximum Gasteiger partial charge on any atom is 0.423 e. The Hall–Kier alpha value is -3.28. The number of hydrogen-bond donors (Lipinski definition) is 3. The molecule has 38 heavy (non-hydrogen) atoms. The number of nitrogens with one attached hydrogen (secondary N) is 2. The number of amidine groups is 2. The number of nitrogen functional groups attached to an aromatic ring is 1. The molecule has 4 heterocycles. The van der Waals surface area contributed by atoms with E-state index in [0.717, 1.165) is 13.0 Å². The van der Waals surface area contributed by atoms with Gasteiger partial charge in [-0.2, -0.15) is 18.2 Å². The van der Waals surface area contributed by atoms with Crippen molar-refractivity contribution in [2.75, 3.05) is 25.5 Å². The molecule has 3 fully saturated rings. The maximum atomic E-state index is 12.5. The number of halogens is 3. The van der Waals surface area contributed by atoms with Crippen LogP contribution in [0.15, 0.2) is 30.7 Å². The van der Waals surface area contributed by atoms with Crippen LogP contribution in [0.1, 0.15) is 75.3 Å². The van der Waals surface area contributed by atoms with Crippen molar-refractivity contribution in [2.24, 2.45) is 0 Å². The average Bonchev–Trinajstić information content (AvgIpc) is 2.88. The Kier molecular flexibility index (Phi) is 10.8. The van der Waals surface area contributed by atoms with Crippen LogP contribution in [-0.4, -0.2) is 57.4 Å². The molecule has 0 unspecified atom stereocenters. The van der Waals surface area contributed by atoms with Gasteiger partial charge in [0.1, 0.15) is 17.5 Å². The summed E-state index contributed by atoms with van der Waals surface area (Å²) >= 11 is 0. The Balaban J connectivity index is 0.000000173. The number of ether oxygens (including phenoxy) is 2. The van der Waals surface area contributed by atoms with E-state index in [4.69, 9.17) is 26.0 Å². The summed E-state index contributed by atoms with van der Waals surface area (Å²) in [6.45, 7) is 3.01. The van der Waals surface area contributed by atoms with Gasteiger partial charge < -0.3 is 20.1 Å². The SMILES string of the molecule is C1CCCCC1.CC(=N)N1CC[C@H](c2cccnc2)CC1=N.Nc1ncc(C(F)(F)F)c(OC2COC2)n1. The van der Waals surface area contributed by atoms with Gasteiger partial charge in [0.2, 0.25) is 11.8 Å². The van der Waals surface area contributed by atoms with Gasteiger partial charge in [0, 0.05) is 31.6 Å². The zero-order valence-electron chi connectivity index (χ0n) is 21.6. The van der Waals surface area contributed by atoms with Crippen LogP contribution in [0.25, 0.3) is 0 Å². The van der Waals surface area contributed by atoms with Gasteiger partial charge in [-0.15, -0.1) is 0 Å². The van der Waals surface area contributed by atoms with Crippen LogP contribution in [0.2, 0.25) is 0 Å². The van der Waals surface area contributed by atoms with E-state index in [1.165, 1.54) is 44.1 Å². The number of piperidine rings is 1. The summed E-state index contributed by atoms with van der Waals surface area (Å²) in [5.41, 5.74) is 5.37. The first-order chi connectivity index (χ1) is 18.1. The van der Waals surface area contributed by atoms with Crippen molar-refractivity contribution >= 4 is 17.6 Å². The molecular formula is C26H36F3N7O2. The third kappa shape index (κ3) is 8.93. The molecule has 0 spiro atoms. The minimum atomic E-state index is -4.56. The van der Waals surface area contributed by atoms with Crippen molar-refractivity contribution in [1.29, 1.82) is 10.8 Å². The molecule has 3 aliphatic rings. The molecule has 0 bridgehead atoms. The lowest BCUT2D eigenvalue weighted by atomic mass is 9.90. The van der Waals surface area contributed by atoms with Crippen molar-refractivity contribution in [3.05, 3.63) is 41.9 Å². The van der Waals surface area contributed by atoms with Crippen molar-refractivity contribution in [1.82, 2.24) is 19.9 Å². The van der Waals surface area contributed by atoms with Crippen LogP contribution in [0, 0.1) is 10.8 Å². The topological polar surface area (TPSA) is 134 Å². The molecule has 2 aromatic rings. The summed E-state index contributed by atoms with van der Waals surface area (Å²) < 4.78 is 47.4. The Morgan fingerprint density at radius 1 is 1.13 bits per heavy atom. The van der Waals surface area contributed by atoms with Gasteiger partial charge in [-0.3, -0.25) is 15.8 Å². The number of hydrogen-bond acceptors (Lipinski definition) is 8. The molecule has 2 aromatic heterocycles. The lowest BCUT2D eigenvalue weighted by molar-refractivity contribution is -0.142. The standard InChI is InChI=1S/C12H16N4.C8H8F3N3O2.C6H12/c1-9(13)16-6-4-10(7-12(16)14)11-3-2-5-15-8-11;9-8(10,11)5-1-13-7(12)14-6(5)16-4-2-15-3-4;1-2-4-6-5-3-1/h2-3,5,8,10,13-14H,4,6-7H2,1H3;1,4H,2-3H2,(H2,12,13,14);1-6H2/t10-;;/m0../s1. The fourth-order valence-electron chi connectivity index (χ4n) is 4.30. The quantitative estimate of drug-likeness (QED) is 0.352. The summed E-state index contributed by atoms with van der Waals surface area (Å²) in [6.07, 6.45) is 9.99. The highest BCUT2D eigenvalue weighted by Gasteiger charge is 2.37. The number of nitrogens with two attached hydrogens (primary N) is 1. The van der Waals surface area contributed by atoms with Gasteiger partial charge >= 0.3 is 6.18 Å². The highest BCUT2D eigenvalue weighted by molar-refractivity contribution is 5.97. The number of nitrogens with zero attached hydrogens (tertiary/aromatic N) is 4. The lowest BCUT2D eigenvalue weighted by Gasteiger charge is -2.33. The molecule has 4 N–H and O–H groups in total. The monoisotopic (exact) mass is 535 g/mol. The Morgan fingerprint density at radius 2 is 1.79 bits per heavy atom. The van der Waals surface area contributed by atoms with E-state index >= 15 is 0 Å². The highest BCUT2D eigenvalue weighted by atomic mass is 19.4. The van der Waals surface area contributed by atoms with E-state index in [2.05, 4.69) is 21.0 Å². The minimum Gasteiger partial charge on any atom is -0.469 e. The fourth-order valence-corrected chi connectivity index (χ4v) is 4.30. The Labute approximate surface area is 221 Å². The summed E-state index contributed by atoms with van der Waals surface area (Å²) in [5.74, 6) is 0.593. The number of likely N-dealkylation sites (tertiary alicyclic amines) is 1. The fraction of sp³-hybridized carbons (Fsp3) is 0.577. The molecule has 1 aliphatic carbocycles. The second-order valence-electron chi connectivity index (χ2n) is 9.50. The van der Waals surface area contributed by atoms with Gasteiger partial charge in [-0.1, -0.05) is 44.6 Å². The van der Waals surface area contributed by atoms with Crippen molar-refractivity contribution < 1.29 is 22.6 Å². The van der Waals surface area contributed by atoms with E-state index < -0.39 is 23.7 Å². The average molecular weight is 536 g/mol. The van der Waals surface area contributed by atoms with Gasteiger partial charge in [-0.25, -0.2) is 4.98 Å². The molecule has 2 saturated heterocycles. The van der Waals surface area contributed by atoms with E-state index in [1.807, 2.05) is 12.3 Å². The highest BCUT2D eigenvalue weighted by Crippen LogP contribution is 2.35. The molecule has 0 amide bonds. The van der Waals surface area contributed by atoms with Gasteiger partial charge in [0.25, 0.3) is 0 Å². The van der Waals surface area contributed by atoms with E-state index in [1.54, 1.807) is 18.0 Å². The van der Waals surface area contributed by atoms with Crippen LogP contribution in [-0.2, 0) is 10.9 Å². The van der Waals surface area contributed by atoms with E-state index in [0.29, 0.717) is 30.2 Å². The second kappa shape index (κ2) is 14.0. The molecule has 208 valence electrons. The number of rotatable bonds is 3. The summed E-state index contributed by atoms with van der Waals surface area (Å²) in [7, 11) is 0. The van der Waals surface area contributed by atoms with Gasteiger partial charge in [-0.05, 0) is 30.9 Å². The van der Waals surface area contributed by atoms with Crippen molar-refractivity contribution in [3.8, 4) is 5.88 Å². The number of alkyl halides is 3. The smallest absolute Gasteiger partial charge is 0.423 e. The zero-order chi connectivity index (χ0) is 27.5. The minimum absolute atomic E-state index is 0.251. The molecular weight excluding hydrogens is 499 g/mol. The molecule has 1 saturated carbocycles. The molecule has 1 atom stereocenters. The number of anilines is 1. The summed E-state index contributed by atoms with van der Waals surface area (Å²) in [6, 6.07) is 4.01. The first-order valence-corrected chi connectivity index (χ1v) is 12.9. The molecule has 12 heteroatoms. The third-order valence-electron chi connectivity index (χ3n) is 6.49. The zero-order valence-corrected chi connectivity index (χ0v) is 21.6. The lowest BCUT2D eigenvalue weighted by Crippen LogP contribution is -2.40. The largest absolute Gasteiger partial charge is 0.469 e. The van der Waals surface area contributed by atoms with Crippen LogP contribution >= 0.6 is 0 Å². The predicted octanol–water partition coefficient (Wildman–Crippen LogP) is 5.43. The number of pyridine rings is 1. The van der Waals surface area contributed by atoms with Crippen LogP contribution < -0.4 is 10.5 Å². The number of aromatic nitrogens is 3. The normalized spacial score (nSPS) is 19.7. The molecule has 9 nitrogen and oxygen atoms in total. The maximum absolute atomic E-state index is 12.5. The van der Waals surface area contributed by atoms with Crippen molar-refractivity contribution in [2.45, 2.75) is 76.5 Å². The van der Waals surface area contributed by atoms with E-state index in [9.17, 15) is 13.2 Å². The predicted molar refractivity (Wildman–Crippen MR) is 138 cm³/mol. The summed E-state index contributed by atoms with van der Waals surface area (Å²) in [5, 5.41) is 15.5.